The number of benzene rings is 2. The van der Waals surface area contributed by atoms with Crippen LogP contribution in [0.25, 0.3) is 0 Å². The molecule has 0 saturated carbocycles. The van der Waals surface area contributed by atoms with E-state index < -0.39 is 12.6 Å². The molecule has 144 valence electrons. The van der Waals surface area contributed by atoms with E-state index in [1.54, 1.807) is 32.4 Å². The van der Waals surface area contributed by atoms with Gasteiger partial charge in [0.15, 0.2) is 18.1 Å². The first kappa shape index (κ1) is 20.1. The Kier molecular flexibility index (Phi) is 6.65. The second-order valence-electron chi connectivity index (χ2n) is 5.97. The third-order valence-electron chi connectivity index (χ3n) is 4.04. The number of methoxy groups -OCH3 is 2. The van der Waals surface area contributed by atoms with Crippen LogP contribution in [0.2, 0.25) is 0 Å². The molecular formula is C20H23NO6. The predicted molar refractivity (Wildman–Crippen MR) is 99.7 cm³/mol. The number of carboxylic acid groups (broad SMARTS) is 1. The molecular weight excluding hydrogens is 350 g/mol. The fraction of sp³-hybridized carbons (Fsp3) is 0.300. The van der Waals surface area contributed by atoms with Gasteiger partial charge in [-0.1, -0.05) is 6.07 Å². The number of rotatable bonds is 8. The van der Waals surface area contributed by atoms with E-state index >= 15 is 0 Å². The van der Waals surface area contributed by atoms with Gasteiger partial charge in [0.2, 0.25) is 0 Å². The van der Waals surface area contributed by atoms with Crippen LogP contribution in [-0.2, 0) is 4.79 Å². The average molecular weight is 373 g/mol. The molecule has 1 atom stereocenters. The molecule has 0 radical (unpaired) electrons. The van der Waals surface area contributed by atoms with Crippen LogP contribution in [0, 0.1) is 6.92 Å². The summed E-state index contributed by atoms with van der Waals surface area (Å²) in [6.07, 6.45) is 0. The van der Waals surface area contributed by atoms with Gasteiger partial charge in [0.25, 0.3) is 5.91 Å². The zero-order chi connectivity index (χ0) is 20.0. The normalized spacial score (nSPS) is 11.4. The maximum atomic E-state index is 12.6. The molecule has 0 spiro atoms. The molecule has 2 aromatic rings. The van der Waals surface area contributed by atoms with Crippen molar-refractivity contribution in [1.82, 2.24) is 5.32 Å². The molecule has 0 aliphatic carbocycles. The highest BCUT2D eigenvalue weighted by Crippen LogP contribution is 2.33. The van der Waals surface area contributed by atoms with E-state index in [4.69, 9.17) is 19.3 Å². The van der Waals surface area contributed by atoms with Crippen LogP contribution in [-0.4, -0.2) is 37.8 Å². The van der Waals surface area contributed by atoms with Gasteiger partial charge in [0.1, 0.15) is 5.75 Å². The van der Waals surface area contributed by atoms with Crippen molar-refractivity contribution in [2.45, 2.75) is 19.9 Å². The third kappa shape index (κ3) is 5.13. The Morgan fingerprint density at radius 1 is 1.11 bits per heavy atom. The molecule has 0 aromatic heterocycles. The van der Waals surface area contributed by atoms with Crippen molar-refractivity contribution in [2.24, 2.45) is 0 Å². The van der Waals surface area contributed by atoms with E-state index in [0.29, 0.717) is 22.8 Å². The summed E-state index contributed by atoms with van der Waals surface area (Å²) in [7, 11) is 3.13. The van der Waals surface area contributed by atoms with Crippen molar-refractivity contribution < 1.29 is 28.9 Å². The fourth-order valence-electron chi connectivity index (χ4n) is 2.69. The van der Waals surface area contributed by atoms with Gasteiger partial charge in [-0.15, -0.1) is 0 Å². The monoisotopic (exact) mass is 373 g/mol. The van der Waals surface area contributed by atoms with Crippen molar-refractivity contribution in [2.75, 3.05) is 20.8 Å². The van der Waals surface area contributed by atoms with Gasteiger partial charge in [-0.2, -0.15) is 0 Å². The Labute approximate surface area is 157 Å². The van der Waals surface area contributed by atoms with Crippen LogP contribution in [0.3, 0.4) is 0 Å². The number of ether oxygens (including phenoxy) is 3. The number of hydrogen-bond donors (Lipinski definition) is 2. The number of hydrogen-bond acceptors (Lipinski definition) is 5. The van der Waals surface area contributed by atoms with Crippen LogP contribution in [0.5, 0.6) is 17.2 Å². The van der Waals surface area contributed by atoms with Gasteiger partial charge in [0.05, 0.1) is 20.3 Å². The van der Waals surface area contributed by atoms with E-state index in [0.717, 1.165) is 11.1 Å². The van der Waals surface area contributed by atoms with E-state index in [1.165, 1.54) is 6.07 Å². The highest BCUT2D eigenvalue weighted by atomic mass is 16.5. The van der Waals surface area contributed by atoms with Crippen LogP contribution >= 0.6 is 0 Å². The SMILES string of the molecule is COc1cc(C)c(C(C)NC(=O)c2cccc(OCC(=O)O)c2)cc1OC. The molecule has 2 rings (SSSR count). The molecule has 0 fully saturated rings. The highest BCUT2D eigenvalue weighted by molar-refractivity contribution is 5.94. The summed E-state index contributed by atoms with van der Waals surface area (Å²) in [5, 5.41) is 11.6. The number of carbonyl (C=O) groups excluding carboxylic acids is 1. The topological polar surface area (TPSA) is 94.1 Å². The molecule has 0 saturated heterocycles. The predicted octanol–water partition coefficient (Wildman–Crippen LogP) is 2.97. The minimum atomic E-state index is -1.08. The van der Waals surface area contributed by atoms with Crippen molar-refractivity contribution in [1.29, 1.82) is 0 Å². The van der Waals surface area contributed by atoms with Crippen LogP contribution in [0.15, 0.2) is 36.4 Å². The standard InChI is InChI=1S/C20H23NO6/c1-12-8-17(25-3)18(26-4)10-16(12)13(2)21-20(24)14-6-5-7-15(9-14)27-11-19(22)23/h5-10,13H,11H2,1-4H3,(H,21,24)(H,22,23). The molecule has 2 aromatic carbocycles. The van der Waals surface area contributed by atoms with Gasteiger partial charge in [0, 0.05) is 5.56 Å². The molecule has 27 heavy (non-hydrogen) atoms. The molecule has 0 bridgehead atoms. The van der Waals surface area contributed by atoms with Gasteiger partial charge in [-0.25, -0.2) is 4.79 Å². The molecule has 7 nitrogen and oxygen atoms in total. The van der Waals surface area contributed by atoms with E-state index in [1.807, 2.05) is 26.0 Å². The zero-order valence-electron chi connectivity index (χ0n) is 15.7. The van der Waals surface area contributed by atoms with E-state index in [9.17, 15) is 9.59 Å². The Morgan fingerprint density at radius 3 is 2.41 bits per heavy atom. The first-order valence-electron chi connectivity index (χ1n) is 8.33. The number of amides is 1. The number of carboxylic acids is 1. The minimum Gasteiger partial charge on any atom is -0.493 e. The molecule has 0 heterocycles. The van der Waals surface area contributed by atoms with E-state index in [-0.39, 0.29) is 11.9 Å². The second-order valence-corrected chi connectivity index (χ2v) is 5.97. The minimum absolute atomic E-state index is 0.277. The molecule has 2 N–H and O–H groups in total. The summed E-state index contributed by atoms with van der Waals surface area (Å²) in [6, 6.07) is 9.80. The fourth-order valence-corrected chi connectivity index (χ4v) is 2.69. The first-order chi connectivity index (χ1) is 12.8. The molecule has 1 amide bonds. The van der Waals surface area contributed by atoms with Gasteiger partial charge < -0.3 is 24.6 Å². The quantitative estimate of drug-likeness (QED) is 0.739. The summed E-state index contributed by atoms with van der Waals surface area (Å²) < 4.78 is 15.7. The van der Waals surface area contributed by atoms with Gasteiger partial charge in [-0.3, -0.25) is 4.79 Å². The van der Waals surface area contributed by atoms with E-state index in [2.05, 4.69) is 5.32 Å². The molecule has 1 unspecified atom stereocenters. The summed E-state index contributed by atoms with van der Waals surface area (Å²) in [5.41, 5.74) is 2.24. The van der Waals surface area contributed by atoms with Crippen molar-refractivity contribution in [3.63, 3.8) is 0 Å². The summed E-state index contributed by atoms with van der Waals surface area (Å²) in [4.78, 5) is 23.2. The lowest BCUT2D eigenvalue weighted by Crippen LogP contribution is -2.27. The highest BCUT2D eigenvalue weighted by Gasteiger charge is 2.17. The maximum absolute atomic E-state index is 12.6. The van der Waals surface area contributed by atoms with Crippen LogP contribution in [0.1, 0.15) is 34.5 Å². The number of nitrogens with one attached hydrogen (secondary N) is 1. The lowest BCUT2D eigenvalue weighted by Gasteiger charge is -2.19. The maximum Gasteiger partial charge on any atom is 0.341 e. The zero-order valence-corrected chi connectivity index (χ0v) is 15.7. The van der Waals surface area contributed by atoms with Crippen molar-refractivity contribution >= 4 is 11.9 Å². The lowest BCUT2D eigenvalue weighted by molar-refractivity contribution is -0.139. The summed E-state index contributed by atoms with van der Waals surface area (Å²) in [6.45, 7) is 3.34. The number of aliphatic carboxylic acids is 1. The largest absolute Gasteiger partial charge is 0.493 e. The smallest absolute Gasteiger partial charge is 0.341 e. The molecule has 0 aliphatic heterocycles. The number of aryl methyl sites for hydroxylation is 1. The molecule has 7 heteroatoms. The third-order valence-corrected chi connectivity index (χ3v) is 4.04. The van der Waals surface area contributed by atoms with Crippen molar-refractivity contribution in [3.05, 3.63) is 53.1 Å². The van der Waals surface area contributed by atoms with Gasteiger partial charge in [-0.05, 0) is 55.3 Å². The summed E-state index contributed by atoms with van der Waals surface area (Å²) in [5.74, 6) is 0.156. The Hall–Kier alpha value is -3.22. The van der Waals surface area contributed by atoms with Crippen LogP contribution < -0.4 is 19.5 Å². The lowest BCUT2D eigenvalue weighted by atomic mass is 10.0. The first-order valence-corrected chi connectivity index (χ1v) is 8.33. The Bertz CT molecular complexity index is 833. The Morgan fingerprint density at radius 2 is 1.78 bits per heavy atom. The van der Waals surface area contributed by atoms with Gasteiger partial charge >= 0.3 is 5.97 Å². The average Bonchev–Trinajstić information content (AvgIpc) is 2.66. The van der Waals surface area contributed by atoms with Crippen LogP contribution in [0.4, 0.5) is 0 Å². The second kappa shape index (κ2) is 8.93. The summed E-state index contributed by atoms with van der Waals surface area (Å²) >= 11 is 0. The molecule has 0 aliphatic rings. The van der Waals surface area contributed by atoms with Crippen molar-refractivity contribution in [3.8, 4) is 17.2 Å². The Balaban J connectivity index is 2.16. The number of carbonyl (C=O) groups is 2.